The molecule has 1 aliphatic rings. The minimum absolute atomic E-state index is 0.102. The van der Waals surface area contributed by atoms with E-state index < -0.39 is 16.0 Å². The predicted molar refractivity (Wildman–Crippen MR) is 83.3 cm³/mol. The van der Waals surface area contributed by atoms with Gasteiger partial charge in [0.2, 0.25) is 10.0 Å². The van der Waals surface area contributed by atoms with Crippen molar-refractivity contribution >= 4 is 16.0 Å². The topological polar surface area (TPSA) is 77.9 Å². The Bertz CT molecular complexity index is 613. The largest absolute Gasteiger partial charge is 0.481 e. The zero-order valence-corrected chi connectivity index (χ0v) is 13.6. The molecule has 0 spiro atoms. The van der Waals surface area contributed by atoms with Gasteiger partial charge in [-0.05, 0) is 37.2 Å². The molecule has 0 unspecified atom stereocenters. The van der Waals surface area contributed by atoms with Crippen LogP contribution in [0.4, 0.5) is 0 Å². The summed E-state index contributed by atoms with van der Waals surface area (Å²) in [5.41, 5.74) is 0.597. The second kappa shape index (κ2) is 7.21. The average Bonchev–Trinajstić information content (AvgIpc) is 2.73. The molecule has 1 heterocycles. The Labute approximate surface area is 131 Å². The zero-order valence-electron chi connectivity index (χ0n) is 12.7. The van der Waals surface area contributed by atoms with Gasteiger partial charge < -0.3 is 10.0 Å². The van der Waals surface area contributed by atoms with Gasteiger partial charge in [-0.25, -0.2) is 8.42 Å². The number of hydrogen-bond donors (Lipinski definition) is 1. The van der Waals surface area contributed by atoms with Gasteiger partial charge in [-0.3, -0.25) is 4.79 Å². The van der Waals surface area contributed by atoms with Crippen LogP contribution in [0.3, 0.4) is 0 Å². The van der Waals surface area contributed by atoms with Crippen molar-refractivity contribution in [3.8, 4) is 0 Å². The van der Waals surface area contributed by atoms with Crippen molar-refractivity contribution in [2.24, 2.45) is 0 Å². The van der Waals surface area contributed by atoms with Crippen LogP contribution in [-0.2, 0) is 21.2 Å². The molecule has 0 aliphatic carbocycles. The molecule has 122 valence electrons. The van der Waals surface area contributed by atoms with Crippen LogP contribution in [0.15, 0.2) is 29.2 Å². The van der Waals surface area contributed by atoms with Gasteiger partial charge in [0.05, 0.1) is 11.3 Å². The summed E-state index contributed by atoms with van der Waals surface area (Å²) in [5, 5.41) is 8.75. The minimum atomic E-state index is -3.50. The average molecular weight is 326 g/mol. The molecule has 1 N–H and O–H groups in total. The molecule has 0 saturated carbocycles. The quantitative estimate of drug-likeness (QED) is 0.874. The molecule has 0 atom stereocenters. The highest BCUT2D eigenvalue weighted by molar-refractivity contribution is 7.89. The van der Waals surface area contributed by atoms with Crippen molar-refractivity contribution in [1.29, 1.82) is 0 Å². The number of nitrogens with zero attached hydrogens (tertiary/aromatic N) is 2. The monoisotopic (exact) mass is 326 g/mol. The third kappa shape index (κ3) is 4.06. The third-order valence-electron chi connectivity index (χ3n) is 3.91. The summed E-state index contributed by atoms with van der Waals surface area (Å²) in [5.74, 6) is -0.928. The first kappa shape index (κ1) is 16.9. The van der Waals surface area contributed by atoms with Crippen molar-refractivity contribution in [3.63, 3.8) is 0 Å². The molecule has 2 rings (SSSR count). The third-order valence-corrected chi connectivity index (χ3v) is 5.82. The van der Waals surface area contributed by atoms with Crippen molar-refractivity contribution < 1.29 is 18.3 Å². The number of carboxylic acid groups (broad SMARTS) is 1. The van der Waals surface area contributed by atoms with Gasteiger partial charge in [-0.15, -0.1) is 0 Å². The molecular weight excluding hydrogens is 304 g/mol. The molecule has 0 amide bonds. The lowest BCUT2D eigenvalue weighted by molar-refractivity contribution is -0.136. The van der Waals surface area contributed by atoms with E-state index in [1.54, 1.807) is 12.1 Å². The molecule has 7 heteroatoms. The first-order valence-corrected chi connectivity index (χ1v) is 8.90. The van der Waals surface area contributed by atoms with E-state index in [1.807, 2.05) is 0 Å². The van der Waals surface area contributed by atoms with Crippen LogP contribution in [0.5, 0.6) is 0 Å². The summed E-state index contributed by atoms with van der Waals surface area (Å²) < 4.78 is 26.8. The second-order valence-corrected chi connectivity index (χ2v) is 7.34. The lowest BCUT2D eigenvalue weighted by atomic mass is 10.2. The molecule has 22 heavy (non-hydrogen) atoms. The van der Waals surface area contributed by atoms with Gasteiger partial charge in [0.25, 0.3) is 0 Å². The Morgan fingerprint density at radius 2 is 1.82 bits per heavy atom. The molecule has 0 radical (unpaired) electrons. The van der Waals surface area contributed by atoms with E-state index in [2.05, 4.69) is 11.8 Å². The first-order chi connectivity index (χ1) is 10.4. The maximum atomic E-state index is 12.7. The molecule has 1 fully saturated rings. The molecule has 1 aromatic carbocycles. The second-order valence-electron chi connectivity index (χ2n) is 5.41. The fourth-order valence-electron chi connectivity index (χ4n) is 2.61. The number of likely N-dealkylation sites (N-methyl/N-ethyl adjacent to an activating group) is 1. The Morgan fingerprint density at radius 3 is 2.41 bits per heavy atom. The highest BCUT2D eigenvalue weighted by Crippen LogP contribution is 2.18. The number of aliphatic carboxylic acids is 1. The van der Waals surface area contributed by atoms with Crippen LogP contribution >= 0.6 is 0 Å². The van der Waals surface area contributed by atoms with Crippen LogP contribution in [0.25, 0.3) is 0 Å². The van der Waals surface area contributed by atoms with Gasteiger partial charge in [0.15, 0.2) is 0 Å². The first-order valence-electron chi connectivity index (χ1n) is 7.46. The van der Waals surface area contributed by atoms with E-state index in [9.17, 15) is 13.2 Å². The highest BCUT2D eigenvalue weighted by atomic mass is 32.2. The molecule has 0 aromatic heterocycles. The van der Waals surface area contributed by atoms with Crippen LogP contribution < -0.4 is 0 Å². The Morgan fingerprint density at radius 1 is 1.14 bits per heavy atom. The normalized spacial score (nSPS) is 18.0. The molecular formula is C15H22N2O4S. The van der Waals surface area contributed by atoms with Gasteiger partial charge in [-0.1, -0.05) is 19.1 Å². The molecule has 1 saturated heterocycles. The van der Waals surface area contributed by atoms with E-state index in [4.69, 9.17) is 5.11 Å². The molecule has 1 aliphatic heterocycles. The standard InChI is InChI=1S/C15H22N2O4S/c1-2-16-8-3-9-17(11-10-16)22(20,21)14-6-4-13(5-7-14)12-15(18)19/h4-7H,2-3,8-12H2,1H3,(H,18,19). The fraction of sp³-hybridized carbons (Fsp3) is 0.533. The van der Waals surface area contributed by atoms with Gasteiger partial charge in [0.1, 0.15) is 0 Å². The summed E-state index contributed by atoms with van der Waals surface area (Å²) >= 11 is 0. The number of carboxylic acids is 1. The van der Waals surface area contributed by atoms with Crippen molar-refractivity contribution in [2.75, 3.05) is 32.7 Å². The summed E-state index contributed by atoms with van der Waals surface area (Å²) in [4.78, 5) is 13.1. The van der Waals surface area contributed by atoms with Crippen LogP contribution in [-0.4, -0.2) is 61.4 Å². The molecule has 1 aromatic rings. The van der Waals surface area contributed by atoms with E-state index in [0.29, 0.717) is 18.7 Å². The SMILES string of the molecule is CCN1CCCN(S(=O)(=O)c2ccc(CC(=O)O)cc2)CC1. The van der Waals surface area contributed by atoms with E-state index in [-0.39, 0.29) is 11.3 Å². The number of benzene rings is 1. The van der Waals surface area contributed by atoms with Crippen molar-refractivity contribution in [2.45, 2.75) is 24.7 Å². The Hall–Kier alpha value is -1.44. The smallest absolute Gasteiger partial charge is 0.307 e. The Balaban J connectivity index is 2.14. The van der Waals surface area contributed by atoms with Crippen LogP contribution in [0.2, 0.25) is 0 Å². The summed E-state index contributed by atoms with van der Waals surface area (Å²) in [6.45, 7) is 5.68. The fourth-order valence-corrected chi connectivity index (χ4v) is 4.08. The number of carbonyl (C=O) groups is 1. The van der Waals surface area contributed by atoms with Gasteiger partial charge in [0, 0.05) is 19.6 Å². The van der Waals surface area contributed by atoms with Crippen LogP contribution in [0, 0.1) is 0 Å². The highest BCUT2D eigenvalue weighted by Gasteiger charge is 2.26. The van der Waals surface area contributed by atoms with E-state index >= 15 is 0 Å². The van der Waals surface area contributed by atoms with E-state index in [0.717, 1.165) is 26.1 Å². The zero-order chi connectivity index (χ0) is 16.2. The predicted octanol–water partition coefficient (Wildman–Crippen LogP) is 1.03. The minimum Gasteiger partial charge on any atom is -0.481 e. The van der Waals surface area contributed by atoms with E-state index in [1.165, 1.54) is 16.4 Å². The summed E-state index contributed by atoms with van der Waals surface area (Å²) in [6.07, 6.45) is 0.722. The number of rotatable bonds is 5. The Kier molecular flexibility index (Phi) is 5.55. The number of sulfonamides is 1. The summed E-state index contributed by atoms with van der Waals surface area (Å²) in [6, 6.07) is 6.13. The van der Waals surface area contributed by atoms with Crippen molar-refractivity contribution in [1.82, 2.24) is 9.21 Å². The van der Waals surface area contributed by atoms with Gasteiger partial charge >= 0.3 is 5.97 Å². The lowest BCUT2D eigenvalue weighted by Gasteiger charge is -2.21. The van der Waals surface area contributed by atoms with Crippen LogP contribution in [0.1, 0.15) is 18.9 Å². The molecule has 0 bridgehead atoms. The maximum Gasteiger partial charge on any atom is 0.307 e. The van der Waals surface area contributed by atoms with Crippen molar-refractivity contribution in [3.05, 3.63) is 29.8 Å². The lowest BCUT2D eigenvalue weighted by Crippen LogP contribution is -2.35. The summed E-state index contributed by atoms with van der Waals surface area (Å²) in [7, 11) is -3.50. The van der Waals surface area contributed by atoms with Gasteiger partial charge in [-0.2, -0.15) is 4.31 Å². The number of hydrogen-bond acceptors (Lipinski definition) is 4. The maximum absolute atomic E-state index is 12.7. The molecule has 6 nitrogen and oxygen atoms in total.